The summed E-state index contributed by atoms with van der Waals surface area (Å²) in [4.78, 5) is 11.1. The van der Waals surface area contributed by atoms with E-state index in [2.05, 4.69) is 0 Å². The van der Waals surface area contributed by atoms with E-state index < -0.39 is 11.4 Å². The molecule has 2 atom stereocenters. The van der Waals surface area contributed by atoms with Crippen LogP contribution in [0.5, 0.6) is 0 Å². The van der Waals surface area contributed by atoms with Gasteiger partial charge in [-0.3, -0.25) is 4.79 Å². The van der Waals surface area contributed by atoms with Crippen LogP contribution < -0.4 is 5.73 Å². The molecule has 3 N–H and O–H groups in total. The van der Waals surface area contributed by atoms with Gasteiger partial charge in [0.1, 0.15) is 0 Å². The standard InChI is InChI=1S/C13H17Cl2NO2/c1-3-11(16)13(2,7-12(17)18)9-5-4-8(14)6-10(9)15/h4-6,11H,3,7,16H2,1-2H3,(H,17,18). The highest BCUT2D eigenvalue weighted by Crippen LogP contribution is 2.37. The first-order valence-electron chi connectivity index (χ1n) is 5.74. The van der Waals surface area contributed by atoms with Crippen molar-refractivity contribution < 1.29 is 9.90 Å². The molecule has 0 saturated carbocycles. The summed E-state index contributed by atoms with van der Waals surface area (Å²) in [5, 5.41) is 10.0. The second-order valence-electron chi connectivity index (χ2n) is 4.63. The minimum atomic E-state index is -0.896. The van der Waals surface area contributed by atoms with Crippen LogP contribution in [0.1, 0.15) is 32.3 Å². The number of carboxylic acids is 1. The molecule has 0 aliphatic rings. The fourth-order valence-corrected chi connectivity index (χ4v) is 2.77. The molecule has 0 fully saturated rings. The molecule has 0 aliphatic carbocycles. The summed E-state index contributed by atoms with van der Waals surface area (Å²) in [6.07, 6.45) is 0.603. The van der Waals surface area contributed by atoms with Gasteiger partial charge in [-0.15, -0.1) is 0 Å². The molecular formula is C13H17Cl2NO2. The molecule has 0 radical (unpaired) electrons. The van der Waals surface area contributed by atoms with E-state index in [1.165, 1.54) is 0 Å². The van der Waals surface area contributed by atoms with E-state index in [9.17, 15) is 4.79 Å². The third-order valence-corrected chi connectivity index (χ3v) is 3.87. The molecule has 0 spiro atoms. The van der Waals surface area contributed by atoms with Crippen LogP contribution >= 0.6 is 23.2 Å². The number of hydrogen-bond acceptors (Lipinski definition) is 2. The van der Waals surface area contributed by atoms with Gasteiger partial charge in [0, 0.05) is 21.5 Å². The van der Waals surface area contributed by atoms with Crippen LogP contribution in [0.3, 0.4) is 0 Å². The van der Waals surface area contributed by atoms with Crippen molar-refractivity contribution in [3.63, 3.8) is 0 Å². The lowest BCUT2D eigenvalue weighted by atomic mass is 9.72. The number of hydrogen-bond donors (Lipinski definition) is 2. The zero-order valence-electron chi connectivity index (χ0n) is 10.4. The second kappa shape index (κ2) is 5.91. The number of nitrogens with two attached hydrogens (primary N) is 1. The van der Waals surface area contributed by atoms with Crippen LogP contribution in [-0.4, -0.2) is 17.1 Å². The first kappa shape index (κ1) is 15.3. The van der Waals surface area contributed by atoms with Crippen LogP contribution in [0.2, 0.25) is 10.0 Å². The average Bonchev–Trinajstić information content (AvgIpc) is 2.26. The maximum absolute atomic E-state index is 11.1. The van der Waals surface area contributed by atoms with E-state index in [-0.39, 0.29) is 12.5 Å². The molecule has 0 amide bonds. The van der Waals surface area contributed by atoms with Crippen molar-refractivity contribution in [3.05, 3.63) is 33.8 Å². The fourth-order valence-electron chi connectivity index (χ4n) is 2.14. The molecule has 5 heteroatoms. The van der Waals surface area contributed by atoms with Gasteiger partial charge in [-0.1, -0.05) is 43.1 Å². The van der Waals surface area contributed by atoms with Gasteiger partial charge in [0.05, 0.1) is 6.42 Å². The average molecular weight is 290 g/mol. The monoisotopic (exact) mass is 289 g/mol. The molecule has 0 saturated heterocycles. The molecule has 0 aromatic heterocycles. The first-order valence-corrected chi connectivity index (χ1v) is 6.49. The van der Waals surface area contributed by atoms with Crippen molar-refractivity contribution in [2.24, 2.45) is 5.73 Å². The number of benzene rings is 1. The molecular weight excluding hydrogens is 273 g/mol. The van der Waals surface area contributed by atoms with E-state index in [0.717, 1.165) is 5.56 Å². The predicted molar refractivity (Wildman–Crippen MR) is 74.3 cm³/mol. The minimum absolute atomic E-state index is 0.0661. The molecule has 1 rings (SSSR count). The Hall–Kier alpha value is -0.770. The van der Waals surface area contributed by atoms with Crippen molar-refractivity contribution in [2.45, 2.75) is 38.1 Å². The Balaban J connectivity index is 3.29. The Morgan fingerprint density at radius 1 is 1.50 bits per heavy atom. The number of halogens is 2. The number of carbonyl (C=O) groups is 1. The van der Waals surface area contributed by atoms with Crippen LogP contribution in [0.4, 0.5) is 0 Å². The molecule has 2 unspecified atom stereocenters. The molecule has 0 heterocycles. The SMILES string of the molecule is CCC(N)C(C)(CC(=O)O)c1ccc(Cl)cc1Cl. The van der Waals surface area contributed by atoms with Crippen LogP contribution in [0, 0.1) is 0 Å². The topological polar surface area (TPSA) is 63.3 Å². The van der Waals surface area contributed by atoms with Crippen LogP contribution in [0.15, 0.2) is 18.2 Å². The quantitative estimate of drug-likeness (QED) is 0.872. The third-order valence-electron chi connectivity index (χ3n) is 3.32. The van der Waals surface area contributed by atoms with E-state index in [1.54, 1.807) is 18.2 Å². The smallest absolute Gasteiger partial charge is 0.304 e. The Labute approximate surface area is 117 Å². The number of rotatable bonds is 5. The van der Waals surface area contributed by atoms with Gasteiger partial charge >= 0.3 is 5.97 Å². The second-order valence-corrected chi connectivity index (χ2v) is 5.47. The Morgan fingerprint density at radius 3 is 2.56 bits per heavy atom. The largest absolute Gasteiger partial charge is 0.481 e. The van der Waals surface area contributed by atoms with Crippen molar-refractivity contribution in [2.75, 3.05) is 0 Å². The Bertz CT molecular complexity index is 451. The summed E-state index contributed by atoms with van der Waals surface area (Å²) < 4.78 is 0. The van der Waals surface area contributed by atoms with Gasteiger partial charge in [-0.2, -0.15) is 0 Å². The summed E-state index contributed by atoms with van der Waals surface area (Å²) in [6, 6.07) is 4.78. The summed E-state index contributed by atoms with van der Waals surface area (Å²) in [5.41, 5.74) is 6.10. The molecule has 0 aliphatic heterocycles. The lowest BCUT2D eigenvalue weighted by molar-refractivity contribution is -0.138. The summed E-state index contributed by atoms with van der Waals surface area (Å²) >= 11 is 12.0. The lowest BCUT2D eigenvalue weighted by Gasteiger charge is -2.35. The predicted octanol–water partition coefficient (Wildman–Crippen LogP) is 3.46. The van der Waals surface area contributed by atoms with E-state index in [0.29, 0.717) is 16.5 Å². The van der Waals surface area contributed by atoms with Gasteiger partial charge in [-0.05, 0) is 24.1 Å². The third kappa shape index (κ3) is 3.16. The maximum Gasteiger partial charge on any atom is 0.304 e. The number of carboxylic acid groups (broad SMARTS) is 1. The maximum atomic E-state index is 11.1. The summed E-state index contributed by atoms with van der Waals surface area (Å²) in [5.74, 6) is -0.896. The summed E-state index contributed by atoms with van der Waals surface area (Å²) in [7, 11) is 0. The number of aliphatic carboxylic acids is 1. The van der Waals surface area contributed by atoms with E-state index in [4.69, 9.17) is 34.0 Å². The molecule has 0 bridgehead atoms. The fraction of sp³-hybridized carbons (Fsp3) is 0.462. The minimum Gasteiger partial charge on any atom is -0.481 e. The van der Waals surface area contributed by atoms with Gasteiger partial charge in [0.2, 0.25) is 0 Å². The van der Waals surface area contributed by atoms with Gasteiger partial charge in [0.15, 0.2) is 0 Å². The Morgan fingerprint density at radius 2 is 2.11 bits per heavy atom. The van der Waals surface area contributed by atoms with Crippen molar-refractivity contribution in [3.8, 4) is 0 Å². The van der Waals surface area contributed by atoms with Crippen LogP contribution in [0.25, 0.3) is 0 Å². The first-order chi connectivity index (χ1) is 8.31. The molecule has 18 heavy (non-hydrogen) atoms. The van der Waals surface area contributed by atoms with Crippen molar-refractivity contribution in [1.29, 1.82) is 0 Å². The molecule has 3 nitrogen and oxygen atoms in total. The highest BCUT2D eigenvalue weighted by Gasteiger charge is 2.36. The van der Waals surface area contributed by atoms with Gasteiger partial charge in [0.25, 0.3) is 0 Å². The van der Waals surface area contributed by atoms with E-state index >= 15 is 0 Å². The normalized spacial score (nSPS) is 16.1. The molecule has 1 aromatic carbocycles. The molecule has 100 valence electrons. The molecule has 1 aromatic rings. The summed E-state index contributed by atoms with van der Waals surface area (Å²) in [6.45, 7) is 3.75. The lowest BCUT2D eigenvalue weighted by Crippen LogP contribution is -2.44. The van der Waals surface area contributed by atoms with Crippen molar-refractivity contribution >= 4 is 29.2 Å². The zero-order chi connectivity index (χ0) is 13.9. The van der Waals surface area contributed by atoms with Gasteiger partial charge in [-0.25, -0.2) is 0 Å². The van der Waals surface area contributed by atoms with Crippen molar-refractivity contribution in [1.82, 2.24) is 0 Å². The van der Waals surface area contributed by atoms with E-state index in [1.807, 2.05) is 13.8 Å². The van der Waals surface area contributed by atoms with Gasteiger partial charge < -0.3 is 10.8 Å². The highest BCUT2D eigenvalue weighted by atomic mass is 35.5. The van der Waals surface area contributed by atoms with Crippen LogP contribution in [-0.2, 0) is 10.2 Å². The highest BCUT2D eigenvalue weighted by molar-refractivity contribution is 6.35. The Kier molecular flexibility index (Phi) is 5.02. The zero-order valence-corrected chi connectivity index (χ0v) is 11.9.